The van der Waals surface area contributed by atoms with E-state index in [9.17, 15) is 20.3 Å². The predicted molar refractivity (Wildman–Crippen MR) is 63.7 cm³/mol. The Hall–Kier alpha value is -0.780. The van der Waals surface area contributed by atoms with Gasteiger partial charge in [0, 0.05) is 4.43 Å². The number of rotatable bonds is 3. The summed E-state index contributed by atoms with van der Waals surface area (Å²) in [5.41, 5.74) is 0. The van der Waals surface area contributed by atoms with Crippen molar-refractivity contribution in [1.29, 1.82) is 0 Å². The van der Waals surface area contributed by atoms with Crippen molar-refractivity contribution in [2.24, 2.45) is 0 Å². The number of hydrogen-bond donors (Lipinski definition) is 2. The van der Waals surface area contributed by atoms with Crippen LogP contribution in [0.25, 0.3) is 0 Å². The molecule has 0 spiro atoms. The Labute approximate surface area is 110 Å². The van der Waals surface area contributed by atoms with Crippen LogP contribution in [0.15, 0.2) is 12.4 Å². The van der Waals surface area contributed by atoms with E-state index in [1.807, 2.05) is 22.6 Å². The Morgan fingerprint density at radius 2 is 2.29 bits per heavy atom. The van der Waals surface area contributed by atoms with E-state index in [4.69, 9.17) is 4.74 Å². The van der Waals surface area contributed by atoms with Crippen molar-refractivity contribution >= 4 is 28.5 Å². The Morgan fingerprint density at radius 1 is 1.59 bits per heavy atom. The molecule has 0 saturated carbocycles. The number of aromatic nitrogens is 2. The van der Waals surface area contributed by atoms with E-state index in [0.29, 0.717) is 4.43 Å². The van der Waals surface area contributed by atoms with Crippen LogP contribution >= 0.6 is 22.6 Å². The van der Waals surface area contributed by atoms with Gasteiger partial charge in [-0.1, -0.05) is 27.6 Å². The van der Waals surface area contributed by atoms with Gasteiger partial charge in [0.1, 0.15) is 24.6 Å². The third-order valence-electron chi connectivity index (χ3n) is 2.57. The van der Waals surface area contributed by atoms with E-state index in [1.54, 1.807) is 0 Å². The smallest absolute Gasteiger partial charge is 0.390 e. The molecule has 0 aromatic carbocycles. The minimum Gasteiger partial charge on any atom is -0.390 e. The SMILES string of the molecule is O=[N+]([O-])c1nccn1[C@@H]1O[C@H](CI)[C@@H](O)[C@H]1O. The first kappa shape index (κ1) is 12.7. The minimum atomic E-state index is -1.21. The lowest BCUT2D eigenvalue weighted by molar-refractivity contribution is -0.398. The molecule has 2 heterocycles. The molecule has 0 bridgehead atoms. The van der Waals surface area contributed by atoms with Gasteiger partial charge in [0.15, 0.2) is 0 Å². The summed E-state index contributed by atoms with van der Waals surface area (Å²) >= 11 is 2.01. The fraction of sp³-hybridized carbons (Fsp3) is 0.625. The summed E-state index contributed by atoms with van der Waals surface area (Å²) in [7, 11) is 0. The summed E-state index contributed by atoms with van der Waals surface area (Å²) in [6, 6.07) is 0. The Morgan fingerprint density at radius 3 is 2.82 bits per heavy atom. The van der Waals surface area contributed by atoms with E-state index in [2.05, 4.69) is 4.98 Å². The third kappa shape index (κ3) is 2.14. The molecule has 2 rings (SSSR count). The van der Waals surface area contributed by atoms with Gasteiger partial charge in [0.05, 0.1) is 6.10 Å². The molecule has 1 saturated heterocycles. The molecule has 1 aliphatic rings. The summed E-state index contributed by atoms with van der Waals surface area (Å²) in [4.78, 5) is 13.6. The van der Waals surface area contributed by atoms with Gasteiger partial charge in [-0.15, -0.1) is 0 Å². The summed E-state index contributed by atoms with van der Waals surface area (Å²) < 4.78 is 6.97. The van der Waals surface area contributed by atoms with E-state index in [-0.39, 0.29) is 0 Å². The Balaban J connectivity index is 2.29. The van der Waals surface area contributed by atoms with Crippen LogP contribution in [0.5, 0.6) is 0 Å². The maximum Gasteiger partial charge on any atom is 0.436 e. The molecule has 2 N–H and O–H groups in total. The molecule has 1 aromatic rings. The lowest BCUT2D eigenvalue weighted by atomic mass is 10.1. The molecule has 17 heavy (non-hydrogen) atoms. The number of imidazole rings is 1. The highest BCUT2D eigenvalue weighted by atomic mass is 127. The van der Waals surface area contributed by atoms with E-state index in [0.717, 1.165) is 4.57 Å². The number of aliphatic hydroxyl groups is 2. The van der Waals surface area contributed by atoms with Crippen LogP contribution in [0.4, 0.5) is 5.95 Å². The number of alkyl halides is 1. The normalized spacial score (nSPS) is 32.9. The van der Waals surface area contributed by atoms with Crippen molar-refractivity contribution in [3.63, 3.8) is 0 Å². The van der Waals surface area contributed by atoms with Gasteiger partial charge < -0.3 is 25.1 Å². The average Bonchev–Trinajstić information content (AvgIpc) is 2.86. The standard InChI is InChI=1S/C8H10IN3O5/c9-3-4-5(13)6(14)7(17-4)11-2-1-10-8(11)12(15)16/h1-2,4-7,13-14H,3H2/t4-,5-,6-,7-/m1/s1. The molecular formula is C8H10IN3O5. The monoisotopic (exact) mass is 355 g/mol. The molecule has 0 unspecified atom stereocenters. The van der Waals surface area contributed by atoms with Crippen molar-refractivity contribution in [2.75, 3.05) is 4.43 Å². The van der Waals surface area contributed by atoms with Gasteiger partial charge in [-0.25, -0.2) is 0 Å². The number of ether oxygens (including phenoxy) is 1. The lowest BCUT2D eigenvalue weighted by Gasteiger charge is -2.13. The second-order valence-corrected chi connectivity index (χ2v) is 4.47. The topological polar surface area (TPSA) is 111 Å². The summed E-state index contributed by atoms with van der Waals surface area (Å²) in [5, 5.41) is 30.2. The lowest BCUT2D eigenvalue weighted by Crippen LogP contribution is -2.32. The van der Waals surface area contributed by atoms with Gasteiger partial charge in [0.2, 0.25) is 6.23 Å². The van der Waals surface area contributed by atoms with Gasteiger partial charge >= 0.3 is 5.95 Å². The summed E-state index contributed by atoms with van der Waals surface area (Å²) in [5.74, 6) is -0.421. The molecule has 8 nitrogen and oxygen atoms in total. The van der Waals surface area contributed by atoms with Crippen LogP contribution in [0, 0.1) is 10.1 Å². The molecular weight excluding hydrogens is 345 g/mol. The fourth-order valence-corrected chi connectivity index (χ4v) is 2.46. The number of hydrogen-bond acceptors (Lipinski definition) is 6. The van der Waals surface area contributed by atoms with E-state index >= 15 is 0 Å². The van der Waals surface area contributed by atoms with Crippen LogP contribution in [0.1, 0.15) is 6.23 Å². The van der Waals surface area contributed by atoms with Gasteiger partial charge in [-0.2, -0.15) is 4.57 Å². The largest absolute Gasteiger partial charge is 0.436 e. The Bertz CT molecular complexity index is 425. The highest BCUT2D eigenvalue weighted by molar-refractivity contribution is 14.1. The molecule has 94 valence electrons. The minimum absolute atomic E-state index is 0.421. The van der Waals surface area contributed by atoms with E-state index in [1.165, 1.54) is 12.4 Å². The average molecular weight is 355 g/mol. The van der Waals surface area contributed by atoms with Crippen molar-refractivity contribution in [3.05, 3.63) is 22.5 Å². The van der Waals surface area contributed by atoms with Crippen molar-refractivity contribution < 1.29 is 19.9 Å². The molecule has 0 radical (unpaired) electrons. The molecule has 0 aliphatic carbocycles. The predicted octanol–water partition coefficient (Wildman–Crippen LogP) is -0.155. The van der Waals surface area contributed by atoms with Crippen molar-refractivity contribution in [2.45, 2.75) is 24.5 Å². The Kier molecular flexibility index (Phi) is 3.61. The molecule has 9 heteroatoms. The number of nitro groups is 1. The number of nitrogens with zero attached hydrogens (tertiary/aromatic N) is 3. The zero-order chi connectivity index (χ0) is 12.6. The van der Waals surface area contributed by atoms with Gasteiger partial charge in [-0.05, 0) is 4.92 Å². The van der Waals surface area contributed by atoms with Crippen molar-refractivity contribution in [1.82, 2.24) is 9.55 Å². The molecule has 1 aromatic heterocycles. The first-order valence-corrected chi connectivity index (χ1v) is 6.33. The maximum atomic E-state index is 10.7. The highest BCUT2D eigenvalue weighted by Gasteiger charge is 2.46. The second kappa shape index (κ2) is 4.84. The van der Waals surface area contributed by atoms with Gasteiger partial charge in [0.25, 0.3) is 0 Å². The zero-order valence-corrected chi connectivity index (χ0v) is 10.7. The first-order valence-electron chi connectivity index (χ1n) is 4.81. The summed E-state index contributed by atoms with van der Waals surface area (Å²) in [6.07, 6.45) is -1.20. The third-order valence-corrected chi connectivity index (χ3v) is 3.44. The van der Waals surface area contributed by atoms with Crippen LogP contribution in [0.2, 0.25) is 0 Å². The van der Waals surface area contributed by atoms with Crippen LogP contribution in [-0.4, -0.2) is 47.4 Å². The fourth-order valence-electron chi connectivity index (χ4n) is 1.73. The highest BCUT2D eigenvalue weighted by Crippen LogP contribution is 2.32. The summed E-state index contributed by atoms with van der Waals surface area (Å²) in [6.45, 7) is 0. The quantitative estimate of drug-likeness (QED) is 0.338. The van der Waals surface area contributed by atoms with Crippen LogP contribution in [0.3, 0.4) is 0 Å². The number of halogens is 1. The first-order chi connectivity index (χ1) is 8.06. The zero-order valence-electron chi connectivity index (χ0n) is 8.51. The molecule has 0 amide bonds. The molecule has 4 atom stereocenters. The van der Waals surface area contributed by atoms with Crippen LogP contribution < -0.4 is 0 Å². The second-order valence-electron chi connectivity index (χ2n) is 3.59. The number of aliphatic hydroxyl groups excluding tert-OH is 2. The van der Waals surface area contributed by atoms with Crippen molar-refractivity contribution in [3.8, 4) is 0 Å². The maximum absolute atomic E-state index is 10.7. The molecule has 1 fully saturated rings. The molecule has 1 aliphatic heterocycles. The van der Waals surface area contributed by atoms with Gasteiger partial charge in [-0.3, -0.25) is 0 Å². The van der Waals surface area contributed by atoms with Crippen LogP contribution in [-0.2, 0) is 4.74 Å². The van der Waals surface area contributed by atoms with E-state index < -0.39 is 35.4 Å².